The number of benzene rings is 3. The van der Waals surface area contributed by atoms with Gasteiger partial charge in [-0.25, -0.2) is 4.98 Å². The molecule has 4 heteroatoms. The van der Waals surface area contributed by atoms with Crippen LogP contribution in [0.5, 0.6) is 11.5 Å². The number of fused-ring (bicyclic) bond motifs is 1. The van der Waals surface area contributed by atoms with E-state index in [9.17, 15) is 0 Å². The van der Waals surface area contributed by atoms with E-state index in [4.69, 9.17) is 14.5 Å². The summed E-state index contributed by atoms with van der Waals surface area (Å²) in [4.78, 5) is 4.85. The fraction of sp³-hybridized carbons (Fsp3) is 0.300. The van der Waals surface area contributed by atoms with Gasteiger partial charge in [0, 0.05) is 6.54 Å². The Kier molecular flexibility index (Phi) is 7.36. The molecule has 34 heavy (non-hydrogen) atoms. The largest absolute Gasteiger partial charge is 0.493 e. The number of aromatic nitrogens is 2. The van der Waals surface area contributed by atoms with Crippen LogP contribution in [-0.4, -0.2) is 16.2 Å². The highest BCUT2D eigenvalue weighted by molar-refractivity contribution is 5.75. The van der Waals surface area contributed by atoms with Gasteiger partial charge in [-0.3, -0.25) is 0 Å². The van der Waals surface area contributed by atoms with Crippen LogP contribution in [0.4, 0.5) is 0 Å². The summed E-state index contributed by atoms with van der Waals surface area (Å²) in [5.74, 6) is 2.71. The molecule has 4 rings (SSSR count). The minimum atomic E-state index is 0.126. The third-order valence-electron chi connectivity index (χ3n) is 5.94. The molecule has 0 aliphatic carbocycles. The number of para-hydroxylation sites is 3. The molecule has 0 fully saturated rings. The molecule has 0 radical (unpaired) electrons. The molecule has 0 aliphatic heterocycles. The van der Waals surface area contributed by atoms with E-state index in [1.54, 1.807) is 0 Å². The number of rotatable bonds is 10. The first kappa shape index (κ1) is 23.6. The Labute approximate surface area is 202 Å². The summed E-state index contributed by atoms with van der Waals surface area (Å²) in [6.45, 7) is 12.4. The Morgan fingerprint density at radius 1 is 0.912 bits per heavy atom. The third-order valence-corrected chi connectivity index (χ3v) is 5.94. The van der Waals surface area contributed by atoms with Gasteiger partial charge in [0.25, 0.3) is 0 Å². The van der Waals surface area contributed by atoms with Crippen LogP contribution in [0.2, 0.25) is 0 Å². The molecule has 4 nitrogen and oxygen atoms in total. The second-order valence-corrected chi connectivity index (χ2v) is 9.53. The zero-order chi connectivity index (χ0) is 24.0. The molecule has 3 aromatic carbocycles. The van der Waals surface area contributed by atoms with E-state index in [0.29, 0.717) is 13.2 Å². The SMILES string of the molecule is C=CCc1ccccc1OCCCn1c(COc2ccc(C(C)(C)C)cc2)nc2ccccc21. The van der Waals surface area contributed by atoms with Crippen LogP contribution in [0.3, 0.4) is 0 Å². The standard InChI is InChI=1S/C30H34N2O2/c1-5-11-23-12-6-9-15-28(23)33-21-10-20-32-27-14-8-7-13-26(27)31-29(32)22-34-25-18-16-24(17-19-25)30(2,3)4/h5-9,12-19H,1,10-11,20-22H2,2-4H3. The summed E-state index contributed by atoms with van der Waals surface area (Å²) in [7, 11) is 0. The maximum absolute atomic E-state index is 6.12. The van der Waals surface area contributed by atoms with Gasteiger partial charge in [-0.2, -0.15) is 0 Å². The third kappa shape index (κ3) is 5.69. The number of nitrogens with zero attached hydrogens (tertiary/aromatic N) is 2. The molecule has 0 aliphatic rings. The van der Waals surface area contributed by atoms with Crippen molar-refractivity contribution < 1.29 is 9.47 Å². The van der Waals surface area contributed by atoms with Crippen molar-refractivity contribution in [2.75, 3.05) is 6.61 Å². The second kappa shape index (κ2) is 10.6. The summed E-state index contributed by atoms with van der Waals surface area (Å²) < 4.78 is 14.5. The van der Waals surface area contributed by atoms with Crippen molar-refractivity contribution in [2.45, 2.75) is 52.2 Å². The average molecular weight is 455 g/mol. The van der Waals surface area contributed by atoms with Crippen molar-refractivity contribution >= 4 is 11.0 Å². The van der Waals surface area contributed by atoms with Crippen LogP contribution in [0.1, 0.15) is 44.1 Å². The Bertz CT molecular complexity index is 1230. The molecule has 0 bridgehead atoms. The summed E-state index contributed by atoms with van der Waals surface area (Å²) in [5, 5.41) is 0. The van der Waals surface area contributed by atoms with Gasteiger partial charge in [0.2, 0.25) is 0 Å². The van der Waals surface area contributed by atoms with Crippen molar-refractivity contribution in [3.8, 4) is 11.5 Å². The van der Waals surface area contributed by atoms with E-state index < -0.39 is 0 Å². The van der Waals surface area contributed by atoms with E-state index in [1.807, 2.05) is 42.5 Å². The van der Waals surface area contributed by atoms with Crippen LogP contribution in [0.25, 0.3) is 11.0 Å². The predicted octanol–water partition coefficient (Wildman–Crippen LogP) is 7.11. The van der Waals surface area contributed by atoms with E-state index in [-0.39, 0.29) is 5.41 Å². The first-order chi connectivity index (χ1) is 16.5. The van der Waals surface area contributed by atoms with Gasteiger partial charge in [0.05, 0.1) is 17.6 Å². The number of aryl methyl sites for hydroxylation is 1. The summed E-state index contributed by atoms with van der Waals surface area (Å²) in [6.07, 6.45) is 3.58. The number of ether oxygens (including phenoxy) is 2. The minimum absolute atomic E-state index is 0.126. The van der Waals surface area contributed by atoms with Crippen molar-refractivity contribution in [1.82, 2.24) is 9.55 Å². The molecule has 0 unspecified atom stereocenters. The van der Waals surface area contributed by atoms with Gasteiger partial charge >= 0.3 is 0 Å². The van der Waals surface area contributed by atoms with Crippen LogP contribution in [0.15, 0.2) is 85.5 Å². The highest BCUT2D eigenvalue weighted by Crippen LogP contribution is 2.25. The van der Waals surface area contributed by atoms with Gasteiger partial charge < -0.3 is 14.0 Å². The first-order valence-electron chi connectivity index (χ1n) is 11.9. The molecule has 1 aromatic heterocycles. The van der Waals surface area contributed by atoms with Crippen LogP contribution in [0, 0.1) is 0 Å². The van der Waals surface area contributed by atoms with Crippen molar-refractivity contribution in [1.29, 1.82) is 0 Å². The highest BCUT2D eigenvalue weighted by Gasteiger charge is 2.14. The Morgan fingerprint density at radius 2 is 1.65 bits per heavy atom. The maximum Gasteiger partial charge on any atom is 0.147 e. The number of imidazole rings is 1. The molecule has 0 amide bonds. The average Bonchev–Trinajstić information content (AvgIpc) is 3.19. The molecule has 0 atom stereocenters. The molecular formula is C30H34N2O2. The Morgan fingerprint density at radius 3 is 2.41 bits per heavy atom. The monoisotopic (exact) mass is 454 g/mol. The molecule has 0 saturated heterocycles. The lowest BCUT2D eigenvalue weighted by atomic mass is 9.87. The zero-order valence-electron chi connectivity index (χ0n) is 20.5. The number of hydrogen-bond acceptors (Lipinski definition) is 3. The van der Waals surface area contributed by atoms with Gasteiger partial charge in [0.15, 0.2) is 0 Å². The lowest BCUT2D eigenvalue weighted by Gasteiger charge is -2.19. The fourth-order valence-corrected chi connectivity index (χ4v) is 4.06. The van der Waals surface area contributed by atoms with Gasteiger partial charge in [-0.1, -0.05) is 69.3 Å². The van der Waals surface area contributed by atoms with E-state index >= 15 is 0 Å². The molecule has 0 spiro atoms. The zero-order valence-corrected chi connectivity index (χ0v) is 20.5. The lowest BCUT2D eigenvalue weighted by molar-refractivity contribution is 0.279. The van der Waals surface area contributed by atoms with Crippen LogP contribution < -0.4 is 9.47 Å². The first-order valence-corrected chi connectivity index (χ1v) is 11.9. The maximum atomic E-state index is 6.12. The Balaban J connectivity index is 1.43. The van der Waals surface area contributed by atoms with Gasteiger partial charge in [0.1, 0.15) is 23.9 Å². The van der Waals surface area contributed by atoms with Crippen LogP contribution >= 0.6 is 0 Å². The van der Waals surface area contributed by atoms with Crippen LogP contribution in [-0.2, 0) is 25.0 Å². The van der Waals surface area contributed by atoms with Crippen molar-refractivity contribution in [3.05, 3.63) is 102 Å². The minimum Gasteiger partial charge on any atom is -0.493 e. The number of allylic oxidation sites excluding steroid dienone is 1. The summed E-state index contributed by atoms with van der Waals surface area (Å²) in [5.41, 5.74) is 4.69. The van der Waals surface area contributed by atoms with Crippen molar-refractivity contribution in [3.63, 3.8) is 0 Å². The fourth-order valence-electron chi connectivity index (χ4n) is 4.06. The quantitative estimate of drug-likeness (QED) is 0.189. The second-order valence-electron chi connectivity index (χ2n) is 9.53. The van der Waals surface area contributed by atoms with E-state index in [0.717, 1.165) is 53.3 Å². The molecular weight excluding hydrogens is 420 g/mol. The van der Waals surface area contributed by atoms with E-state index in [2.05, 4.69) is 68.3 Å². The van der Waals surface area contributed by atoms with Gasteiger partial charge in [-0.15, -0.1) is 6.58 Å². The molecule has 0 saturated carbocycles. The molecule has 1 heterocycles. The predicted molar refractivity (Wildman–Crippen MR) is 140 cm³/mol. The van der Waals surface area contributed by atoms with Gasteiger partial charge in [-0.05, 0) is 59.7 Å². The summed E-state index contributed by atoms with van der Waals surface area (Å²) in [6, 6.07) is 24.8. The normalized spacial score (nSPS) is 11.5. The van der Waals surface area contributed by atoms with E-state index in [1.165, 1.54) is 5.56 Å². The highest BCUT2D eigenvalue weighted by atomic mass is 16.5. The lowest BCUT2D eigenvalue weighted by Crippen LogP contribution is -2.11. The Hall–Kier alpha value is -3.53. The number of hydrogen-bond donors (Lipinski definition) is 0. The van der Waals surface area contributed by atoms with Crippen molar-refractivity contribution in [2.24, 2.45) is 0 Å². The summed E-state index contributed by atoms with van der Waals surface area (Å²) >= 11 is 0. The molecule has 176 valence electrons. The molecule has 0 N–H and O–H groups in total. The molecule has 4 aromatic rings. The smallest absolute Gasteiger partial charge is 0.147 e. The topological polar surface area (TPSA) is 36.3 Å².